The smallest absolute Gasteiger partial charge is 0.330 e. The van der Waals surface area contributed by atoms with Crippen LogP contribution in [0.4, 0.5) is 0 Å². The maximum absolute atomic E-state index is 12.9. The van der Waals surface area contributed by atoms with Crippen LogP contribution >= 0.6 is 19.9 Å². The number of hydrogen-bond acceptors (Lipinski definition) is 9. The number of H-pyrrole nitrogens is 1. The fourth-order valence-corrected chi connectivity index (χ4v) is 4.87. The number of aromatic nitrogens is 2. The van der Waals surface area contributed by atoms with Crippen molar-refractivity contribution in [1.82, 2.24) is 14.4 Å². The van der Waals surface area contributed by atoms with E-state index in [4.69, 9.17) is 25.3 Å². The first-order valence-corrected chi connectivity index (χ1v) is 12.1. The maximum Gasteiger partial charge on any atom is 0.330 e. The normalized spacial score (nSPS) is 19.5. The van der Waals surface area contributed by atoms with Crippen molar-refractivity contribution < 1.29 is 28.2 Å². The Kier molecular flexibility index (Phi) is 8.94. The molecule has 0 saturated carbocycles. The molecule has 2 aromatic rings. The minimum atomic E-state index is -3.08. The van der Waals surface area contributed by atoms with Gasteiger partial charge in [-0.15, -0.1) is 18.2 Å². The lowest BCUT2D eigenvalue weighted by Crippen LogP contribution is -2.38. The third-order valence-electron chi connectivity index (χ3n) is 4.36. The summed E-state index contributed by atoms with van der Waals surface area (Å²) in [6.45, 7) is 1.12. The second-order valence-electron chi connectivity index (χ2n) is 6.67. The van der Waals surface area contributed by atoms with Gasteiger partial charge in [-0.05, 0) is 19.1 Å². The van der Waals surface area contributed by atoms with Crippen LogP contribution in [0, 0.1) is 12.3 Å². The van der Waals surface area contributed by atoms with Gasteiger partial charge in [0.25, 0.3) is 13.7 Å². The molecule has 1 aliphatic heterocycles. The van der Waals surface area contributed by atoms with Crippen LogP contribution in [0.15, 0.2) is 52.2 Å². The van der Waals surface area contributed by atoms with Gasteiger partial charge in [-0.1, -0.05) is 29.0 Å². The molecule has 1 aromatic carbocycles. The van der Waals surface area contributed by atoms with Crippen LogP contribution < -0.4 is 16.1 Å². The van der Waals surface area contributed by atoms with E-state index in [1.807, 2.05) is 0 Å². The monoisotopic (exact) mass is 495 g/mol. The zero-order valence-electron chi connectivity index (χ0n) is 17.5. The van der Waals surface area contributed by atoms with E-state index < -0.39 is 43.1 Å². The van der Waals surface area contributed by atoms with E-state index >= 15 is 0 Å². The van der Waals surface area contributed by atoms with E-state index in [9.17, 15) is 18.9 Å². The molecular weight excluding hydrogens is 473 g/mol. The van der Waals surface area contributed by atoms with Crippen LogP contribution in [0.5, 0.6) is 5.75 Å². The summed E-state index contributed by atoms with van der Waals surface area (Å²) in [5.41, 5.74) is -1.64. The van der Waals surface area contributed by atoms with Crippen molar-refractivity contribution >= 4 is 25.9 Å². The quantitative estimate of drug-likeness (QED) is 0.223. The van der Waals surface area contributed by atoms with Gasteiger partial charge in [-0.2, -0.15) is 0 Å². The Labute approximate surface area is 193 Å². The Morgan fingerprint density at radius 1 is 1.39 bits per heavy atom. The minimum Gasteiger partial charge on any atom is -0.451 e. The second-order valence-corrected chi connectivity index (χ2v) is 9.12. The zero-order chi connectivity index (χ0) is 23.8. The van der Waals surface area contributed by atoms with Crippen molar-refractivity contribution in [2.45, 2.75) is 24.6 Å². The first kappa shape index (κ1) is 24.8. The first-order valence-electron chi connectivity index (χ1n) is 9.76. The molecule has 1 fully saturated rings. The Bertz CT molecular complexity index is 1130. The van der Waals surface area contributed by atoms with Crippen molar-refractivity contribution in [2.24, 2.45) is 0 Å². The third-order valence-corrected chi connectivity index (χ3v) is 6.70. The summed E-state index contributed by atoms with van der Waals surface area (Å²) in [5, 5.41) is 0. The van der Waals surface area contributed by atoms with E-state index in [-0.39, 0.29) is 13.2 Å². The molecule has 1 aliphatic rings. The van der Waals surface area contributed by atoms with E-state index in [1.165, 1.54) is 35.5 Å². The lowest BCUT2D eigenvalue weighted by Gasteiger charge is -2.26. The van der Waals surface area contributed by atoms with Gasteiger partial charge in [0.15, 0.2) is 6.61 Å². The largest absolute Gasteiger partial charge is 0.451 e. The van der Waals surface area contributed by atoms with Gasteiger partial charge in [0.1, 0.15) is 23.5 Å². The van der Waals surface area contributed by atoms with Gasteiger partial charge in [0.05, 0.1) is 6.61 Å². The molecular formula is C20H22N3O8PS. The summed E-state index contributed by atoms with van der Waals surface area (Å²) in [6, 6.07) is 8.62. The van der Waals surface area contributed by atoms with Gasteiger partial charge in [0.2, 0.25) is 0 Å². The average Bonchev–Trinajstić information content (AvgIpc) is 3.28. The zero-order valence-corrected chi connectivity index (χ0v) is 19.4. The molecule has 0 aliphatic carbocycles. The highest BCUT2D eigenvalue weighted by Crippen LogP contribution is 2.37. The highest BCUT2D eigenvalue weighted by Gasteiger charge is 2.33. The molecule has 11 nitrogen and oxygen atoms in total. The van der Waals surface area contributed by atoms with Crippen LogP contribution in [0.25, 0.3) is 0 Å². The average molecular weight is 495 g/mol. The number of ether oxygens (including phenoxy) is 2. The van der Waals surface area contributed by atoms with Crippen LogP contribution in [-0.2, 0) is 23.4 Å². The van der Waals surface area contributed by atoms with Crippen molar-refractivity contribution in [1.29, 1.82) is 0 Å². The molecule has 0 bridgehead atoms. The summed E-state index contributed by atoms with van der Waals surface area (Å²) in [7, 11) is -3.08. The van der Waals surface area contributed by atoms with Gasteiger partial charge in [-0.25, -0.2) is 4.79 Å². The summed E-state index contributed by atoms with van der Waals surface area (Å²) < 4.78 is 30.3. The number of hydrogen-bond donors (Lipinski definition) is 1. The number of esters is 1. The van der Waals surface area contributed by atoms with Crippen molar-refractivity contribution in [3.8, 4) is 18.1 Å². The minimum absolute atomic E-state index is 0.0994. The summed E-state index contributed by atoms with van der Waals surface area (Å²) in [6.07, 6.45) is 5.84. The van der Waals surface area contributed by atoms with E-state index in [0.717, 1.165) is 4.83 Å². The number of thioether (sulfide) groups is 1. The number of hydroxylamine groups is 1. The van der Waals surface area contributed by atoms with E-state index in [2.05, 4.69) is 10.9 Å². The third kappa shape index (κ3) is 6.83. The molecule has 2 unspecified atom stereocenters. The predicted octanol–water partition coefficient (Wildman–Crippen LogP) is 1.39. The maximum atomic E-state index is 12.9. The number of para-hydroxylation sites is 1. The Hall–Kier alpha value is -2.81. The topological polar surface area (TPSA) is 129 Å². The van der Waals surface area contributed by atoms with Crippen molar-refractivity contribution in [3.05, 3.63) is 63.4 Å². The van der Waals surface area contributed by atoms with Gasteiger partial charge in [0, 0.05) is 18.0 Å². The van der Waals surface area contributed by atoms with Gasteiger partial charge in [-0.3, -0.25) is 23.7 Å². The second kappa shape index (κ2) is 11.9. The molecule has 13 heteroatoms. The number of carbonyl (C=O) groups excluding carboxylic acids is 1. The first-order chi connectivity index (χ1) is 15.9. The Morgan fingerprint density at radius 2 is 2.15 bits per heavy atom. The van der Waals surface area contributed by atoms with Crippen LogP contribution in [0.2, 0.25) is 0 Å². The highest BCUT2D eigenvalue weighted by atomic mass is 32.2. The fraction of sp³-hybridized carbons (Fsp3) is 0.350. The molecule has 1 saturated heterocycles. The number of terminal acetylenes is 1. The molecule has 3 rings (SSSR count). The van der Waals surface area contributed by atoms with E-state index in [0.29, 0.717) is 11.5 Å². The number of rotatable bonds is 10. The van der Waals surface area contributed by atoms with Crippen molar-refractivity contribution in [2.75, 3.05) is 19.0 Å². The fourth-order valence-electron chi connectivity index (χ4n) is 2.73. The highest BCUT2D eigenvalue weighted by molar-refractivity contribution is 8.00. The SMILES string of the molecule is C#CCOC(=O)C(C)N(Oc1ccccc1)[PH](=O)OC[C@@H]1O[C@H](n2ccc(=O)[nH]c2=O)CS1. The molecule has 0 spiro atoms. The summed E-state index contributed by atoms with van der Waals surface area (Å²) in [4.78, 5) is 44.1. The molecule has 1 N–H and O–H groups in total. The molecule has 0 amide bonds. The van der Waals surface area contributed by atoms with Crippen LogP contribution in [-0.4, -0.2) is 50.8 Å². The summed E-state index contributed by atoms with van der Waals surface area (Å²) in [5.74, 6) is 2.23. The Morgan fingerprint density at radius 3 is 2.85 bits per heavy atom. The Balaban J connectivity index is 1.62. The number of aromatic amines is 1. The lowest BCUT2D eigenvalue weighted by molar-refractivity contribution is -0.153. The number of benzene rings is 1. The van der Waals surface area contributed by atoms with Crippen LogP contribution in [0.3, 0.4) is 0 Å². The molecule has 2 heterocycles. The molecule has 176 valence electrons. The number of carbonyl (C=O) groups is 1. The standard InChI is InChI=1S/C20H22N3O8PS/c1-3-11-28-19(25)14(2)23(31-15-7-5-4-6-8-15)32(27)29-12-18-30-17(13-33-18)22-10-9-16(24)21-20(22)26/h1,4-10,14,17-18,32H,11-13H2,2H3,(H,21,24,26)/t14?,17-,18+/m0/s1. The van der Waals surface area contributed by atoms with Gasteiger partial charge >= 0.3 is 11.7 Å². The number of nitrogens with zero attached hydrogens (tertiary/aromatic N) is 2. The number of nitrogens with one attached hydrogen (secondary N) is 1. The predicted molar refractivity (Wildman–Crippen MR) is 121 cm³/mol. The van der Waals surface area contributed by atoms with Gasteiger partial charge < -0.3 is 18.8 Å². The van der Waals surface area contributed by atoms with E-state index in [1.54, 1.807) is 30.3 Å². The summed E-state index contributed by atoms with van der Waals surface area (Å²) >= 11 is 1.35. The molecule has 0 radical (unpaired) electrons. The van der Waals surface area contributed by atoms with Crippen LogP contribution in [0.1, 0.15) is 13.2 Å². The lowest BCUT2D eigenvalue weighted by atomic mass is 10.3. The molecule has 4 atom stereocenters. The molecule has 33 heavy (non-hydrogen) atoms. The molecule has 1 aromatic heterocycles. The van der Waals surface area contributed by atoms with Crippen molar-refractivity contribution in [3.63, 3.8) is 0 Å².